The molecule has 0 N–H and O–H groups in total. The van der Waals surface area contributed by atoms with Gasteiger partial charge in [0.25, 0.3) is 0 Å². The van der Waals surface area contributed by atoms with E-state index in [1.54, 1.807) is 31.4 Å². The first kappa shape index (κ1) is 16.7. The van der Waals surface area contributed by atoms with Gasteiger partial charge >= 0.3 is 5.97 Å². The largest absolute Gasteiger partial charge is 0.496 e. The smallest absolute Gasteiger partial charge is 0.338 e. The maximum absolute atomic E-state index is 12.3. The average molecular weight is 312 g/mol. The van der Waals surface area contributed by atoms with E-state index in [2.05, 4.69) is 0 Å². The SMILES string of the molecule is COc1ccc(C(C)=O)cc1COC(=O)c1cc(C)ccc1C. The molecule has 0 fully saturated rings. The number of hydrogen-bond acceptors (Lipinski definition) is 4. The van der Waals surface area contributed by atoms with E-state index in [0.29, 0.717) is 22.4 Å². The molecule has 23 heavy (non-hydrogen) atoms. The zero-order valence-electron chi connectivity index (χ0n) is 13.8. The van der Waals surface area contributed by atoms with Gasteiger partial charge in [0.1, 0.15) is 12.4 Å². The van der Waals surface area contributed by atoms with Crippen LogP contribution in [0.15, 0.2) is 36.4 Å². The van der Waals surface area contributed by atoms with Crippen LogP contribution in [0.2, 0.25) is 0 Å². The molecule has 0 spiro atoms. The molecule has 0 saturated heterocycles. The fraction of sp³-hybridized carbons (Fsp3) is 0.263. The number of methoxy groups -OCH3 is 1. The number of ketones is 1. The van der Waals surface area contributed by atoms with Gasteiger partial charge in [0.05, 0.1) is 12.7 Å². The van der Waals surface area contributed by atoms with E-state index in [9.17, 15) is 9.59 Å². The Labute approximate surface area is 136 Å². The van der Waals surface area contributed by atoms with Gasteiger partial charge in [0.2, 0.25) is 0 Å². The number of ether oxygens (including phenoxy) is 2. The van der Waals surface area contributed by atoms with Crippen LogP contribution in [0, 0.1) is 13.8 Å². The van der Waals surface area contributed by atoms with Crippen LogP contribution in [0.4, 0.5) is 0 Å². The van der Waals surface area contributed by atoms with Crippen molar-refractivity contribution in [3.63, 3.8) is 0 Å². The van der Waals surface area contributed by atoms with Crippen LogP contribution in [0.3, 0.4) is 0 Å². The Morgan fingerprint density at radius 2 is 1.78 bits per heavy atom. The van der Waals surface area contributed by atoms with E-state index in [1.807, 2.05) is 26.0 Å². The van der Waals surface area contributed by atoms with Crippen LogP contribution in [0.1, 0.15) is 44.3 Å². The molecule has 0 aliphatic rings. The Hall–Kier alpha value is -2.62. The molecule has 0 saturated carbocycles. The lowest BCUT2D eigenvalue weighted by Crippen LogP contribution is -2.08. The number of carbonyl (C=O) groups is 2. The number of carbonyl (C=O) groups excluding carboxylic acids is 2. The number of rotatable bonds is 5. The summed E-state index contributed by atoms with van der Waals surface area (Å²) in [6.07, 6.45) is 0. The zero-order chi connectivity index (χ0) is 17.0. The lowest BCUT2D eigenvalue weighted by atomic mass is 10.1. The van der Waals surface area contributed by atoms with Crippen molar-refractivity contribution in [1.29, 1.82) is 0 Å². The second kappa shape index (κ2) is 7.09. The molecule has 2 aromatic rings. The normalized spacial score (nSPS) is 10.3. The summed E-state index contributed by atoms with van der Waals surface area (Å²) in [6.45, 7) is 5.34. The molecule has 0 aliphatic carbocycles. The Kier molecular flexibility index (Phi) is 5.16. The molecule has 0 atom stereocenters. The topological polar surface area (TPSA) is 52.6 Å². The number of Topliss-reactive ketones (excluding diaryl/α,β-unsaturated/α-hetero) is 1. The monoisotopic (exact) mass is 312 g/mol. The van der Waals surface area contributed by atoms with Crippen LogP contribution < -0.4 is 4.74 Å². The molecule has 0 aromatic heterocycles. The molecule has 4 heteroatoms. The summed E-state index contributed by atoms with van der Waals surface area (Å²) >= 11 is 0. The van der Waals surface area contributed by atoms with Crippen molar-refractivity contribution in [1.82, 2.24) is 0 Å². The van der Waals surface area contributed by atoms with E-state index < -0.39 is 0 Å². The van der Waals surface area contributed by atoms with E-state index >= 15 is 0 Å². The third-order valence-electron chi connectivity index (χ3n) is 3.66. The Morgan fingerprint density at radius 1 is 1.04 bits per heavy atom. The van der Waals surface area contributed by atoms with Crippen molar-refractivity contribution < 1.29 is 19.1 Å². The summed E-state index contributed by atoms with van der Waals surface area (Å²) in [5.74, 6) is 0.153. The van der Waals surface area contributed by atoms with Crippen LogP contribution >= 0.6 is 0 Å². The molecule has 0 heterocycles. The van der Waals surface area contributed by atoms with E-state index in [0.717, 1.165) is 11.1 Å². The molecular weight excluding hydrogens is 292 g/mol. The van der Waals surface area contributed by atoms with E-state index in [-0.39, 0.29) is 18.4 Å². The predicted molar refractivity (Wildman–Crippen MR) is 88.0 cm³/mol. The van der Waals surface area contributed by atoms with Gasteiger partial charge in [-0.3, -0.25) is 4.79 Å². The summed E-state index contributed by atoms with van der Waals surface area (Å²) in [7, 11) is 1.54. The van der Waals surface area contributed by atoms with Crippen LogP contribution in [-0.4, -0.2) is 18.9 Å². The third-order valence-corrected chi connectivity index (χ3v) is 3.66. The first-order valence-corrected chi connectivity index (χ1v) is 7.34. The van der Waals surface area contributed by atoms with Gasteiger partial charge in [-0.1, -0.05) is 17.7 Å². The fourth-order valence-corrected chi connectivity index (χ4v) is 2.29. The second-order valence-corrected chi connectivity index (χ2v) is 5.48. The molecule has 4 nitrogen and oxygen atoms in total. The van der Waals surface area contributed by atoms with Crippen LogP contribution in [0.25, 0.3) is 0 Å². The molecule has 2 rings (SSSR count). The third kappa shape index (κ3) is 3.97. The molecule has 0 radical (unpaired) electrons. The van der Waals surface area contributed by atoms with Crippen LogP contribution in [-0.2, 0) is 11.3 Å². The summed E-state index contributed by atoms with van der Waals surface area (Å²) in [5.41, 5.74) is 3.64. The molecule has 0 amide bonds. The van der Waals surface area contributed by atoms with Gasteiger partial charge in [-0.15, -0.1) is 0 Å². The van der Waals surface area contributed by atoms with Crippen molar-refractivity contribution in [2.75, 3.05) is 7.11 Å². The highest BCUT2D eigenvalue weighted by atomic mass is 16.5. The Balaban J connectivity index is 2.19. The zero-order valence-corrected chi connectivity index (χ0v) is 13.8. The number of aryl methyl sites for hydroxylation is 2. The number of esters is 1. The lowest BCUT2D eigenvalue weighted by Gasteiger charge is -2.12. The first-order chi connectivity index (χ1) is 10.9. The Morgan fingerprint density at radius 3 is 2.43 bits per heavy atom. The van der Waals surface area contributed by atoms with Crippen molar-refractivity contribution in [3.05, 3.63) is 64.2 Å². The fourth-order valence-electron chi connectivity index (χ4n) is 2.29. The highest BCUT2D eigenvalue weighted by molar-refractivity contribution is 5.94. The minimum absolute atomic E-state index is 0.0465. The predicted octanol–water partition coefficient (Wildman–Crippen LogP) is 3.87. The maximum Gasteiger partial charge on any atom is 0.338 e. The van der Waals surface area contributed by atoms with Crippen LogP contribution in [0.5, 0.6) is 5.75 Å². The summed E-state index contributed by atoms with van der Waals surface area (Å²) in [5, 5.41) is 0. The molecule has 0 unspecified atom stereocenters. The minimum Gasteiger partial charge on any atom is -0.496 e. The van der Waals surface area contributed by atoms with Gasteiger partial charge in [0, 0.05) is 11.1 Å². The highest BCUT2D eigenvalue weighted by Gasteiger charge is 2.13. The Bertz CT molecular complexity index is 747. The molecule has 0 bridgehead atoms. The van der Waals surface area contributed by atoms with E-state index in [1.165, 1.54) is 6.92 Å². The summed E-state index contributed by atoms with van der Waals surface area (Å²) in [4.78, 5) is 23.8. The number of benzene rings is 2. The quantitative estimate of drug-likeness (QED) is 0.621. The van der Waals surface area contributed by atoms with Gasteiger partial charge in [-0.25, -0.2) is 4.79 Å². The van der Waals surface area contributed by atoms with Crippen molar-refractivity contribution >= 4 is 11.8 Å². The highest BCUT2D eigenvalue weighted by Crippen LogP contribution is 2.22. The summed E-state index contributed by atoms with van der Waals surface area (Å²) in [6, 6.07) is 10.7. The molecule has 120 valence electrons. The minimum atomic E-state index is -0.388. The first-order valence-electron chi connectivity index (χ1n) is 7.34. The van der Waals surface area contributed by atoms with Crippen molar-refractivity contribution in [2.45, 2.75) is 27.4 Å². The standard InChI is InChI=1S/C19H20O4/c1-12-5-6-13(2)17(9-12)19(21)23-11-16-10-15(14(3)20)7-8-18(16)22-4/h5-10H,11H2,1-4H3. The average Bonchev–Trinajstić information content (AvgIpc) is 2.54. The van der Waals surface area contributed by atoms with E-state index in [4.69, 9.17) is 9.47 Å². The van der Waals surface area contributed by atoms with Crippen molar-refractivity contribution in [2.24, 2.45) is 0 Å². The van der Waals surface area contributed by atoms with Gasteiger partial charge in [-0.2, -0.15) is 0 Å². The number of hydrogen-bond donors (Lipinski definition) is 0. The second-order valence-electron chi connectivity index (χ2n) is 5.48. The maximum atomic E-state index is 12.3. The molecular formula is C19H20O4. The lowest BCUT2D eigenvalue weighted by molar-refractivity contribution is 0.0469. The molecule has 2 aromatic carbocycles. The molecule has 0 aliphatic heterocycles. The van der Waals surface area contributed by atoms with Gasteiger partial charge in [0.15, 0.2) is 5.78 Å². The van der Waals surface area contributed by atoms with Gasteiger partial charge in [-0.05, 0) is 50.6 Å². The van der Waals surface area contributed by atoms with Crippen molar-refractivity contribution in [3.8, 4) is 5.75 Å². The van der Waals surface area contributed by atoms with Gasteiger partial charge < -0.3 is 9.47 Å². The summed E-state index contributed by atoms with van der Waals surface area (Å²) < 4.78 is 10.7.